The summed E-state index contributed by atoms with van der Waals surface area (Å²) in [6.45, 7) is 18.6. The molecule has 0 saturated heterocycles. The molecule has 10 bridgehead atoms. The fraction of sp³-hybridized carbons (Fsp3) is 0.615. The molecule has 10 aromatic rings. The number of aryl methyl sites for hydroxylation is 6. The number of nitrogens with zero attached hydrogens (tertiary/aromatic N) is 6. The molecular formula is C130H184N8O4. The number of fused-ring (bicyclic) bond motifs is 22. The maximum atomic E-state index is 7.76. The molecule has 0 fully saturated rings. The summed E-state index contributed by atoms with van der Waals surface area (Å²) in [5, 5.41) is 4.16. The fourth-order valence-electron chi connectivity index (χ4n) is 25.2. The number of H-pyrrole nitrogens is 2. The molecule has 7 aromatic carbocycles. The van der Waals surface area contributed by atoms with Crippen molar-refractivity contribution in [1.29, 1.82) is 0 Å². The number of nitrogens with one attached hydrogen (secondary N) is 2. The van der Waals surface area contributed by atoms with Crippen molar-refractivity contribution in [1.82, 2.24) is 39.9 Å². The van der Waals surface area contributed by atoms with Crippen LogP contribution in [0.5, 0.6) is 34.5 Å². The molecule has 3 aliphatic carbocycles. The number of rotatable bonds is 70. The smallest absolute Gasteiger partial charge is 0.170 e. The largest absolute Gasteiger partial charge is 0.493 e. The van der Waals surface area contributed by atoms with E-state index in [2.05, 4.69) is 162 Å². The second-order valence-corrected chi connectivity index (χ2v) is 43.9. The predicted molar refractivity (Wildman–Crippen MR) is 602 cm³/mol. The van der Waals surface area contributed by atoms with Crippen molar-refractivity contribution in [3.8, 4) is 80.0 Å². The first-order valence-corrected chi connectivity index (χ1v) is 59.5. The average molecular weight is 1920 g/mol. The molecule has 2 unspecified atom stereocenters. The van der Waals surface area contributed by atoms with Crippen molar-refractivity contribution in [2.24, 2.45) is 0 Å². The zero-order valence-electron chi connectivity index (χ0n) is 90.6. The van der Waals surface area contributed by atoms with Crippen LogP contribution in [0.3, 0.4) is 0 Å². The van der Waals surface area contributed by atoms with E-state index in [1.807, 2.05) is 14.2 Å². The van der Waals surface area contributed by atoms with E-state index in [-0.39, 0.29) is 0 Å². The molecule has 768 valence electrons. The van der Waals surface area contributed by atoms with Gasteiger partial charge in [-0.1, -0.05) is 463 Å². The molecule has 0 saturated carbocycles. The van der Waals surface area contributed by atoms with Crippen LogP contribution in [0.25, 0.3) is 89.7 Å². The van der Waals surface area contributed by atoms with Gasteiger partial charge < -0.3 is 28.9 Å². The van der Waals surface area contributed by atoms with Crippen molar-refractivity contribution in [2.45, 2.75) is 503 Å². The molecule has 12 heteroatoms. The zero-order valence-corrected chi connectivity index (χ0v) is 90.6. The Bertz CT molecular complexity index is 5470. The highest BCUT2D eigenvalue weighted by Gasteiger charge is 2.59. The third-order valence-electron chi connectivity index (χ3n) is 33.2. The second kappa shape index (κ2) is 56.1. The maximum absolute atomic E-state index is 7.76. The van der Waals surface area contributed by atoms with Gasteiger partial charge in [0.1, 0.15) is 22.6 Å². The fourth-order valence-corrected chi connectivity index (χ4v) is 25.2. The van der Waals surface area contributed by atoms with Gasteiger partial charge in [-0.05, 0) is 193 Å². The minimum Gasteiger partial charge on any atom is -0.493 e. The Kier molecular flexibility index (Phi) is 42.4. The summed E-state index contributed by atoms with van der Waals surface area (Å²) in [6, 6.07) is 38.5. The van der Waals surface area contributed by atoms with Gasteiger partial charge in [-0.25, -0.2) is 29.9 Å². The number of hydrogen-bond acceptors (Lipinski definition) is 10. The predicted octanol–water partition coefficient (Wildman–Crippen LogP) is 39.7. The van der Waals surface area contributed by atoms with Crippen molar-refractivity contribution in [3.63, 3.8) is 0 Å². The summed E-state index contributed by atoms with van der Waals surface area (Å²) in [6.07, 6.45) is 82.1. The van der Waals surface area contributed by atoms with Crippen LogP contribution in [0.15, 0.2) is 97.1 Å². The number of hydrogen-bond donors (Lipinski definition) is 2. The molecule has 0 amide bonds. The Morgan fingerprint density at radius 2 is 0.444 bits per heavy atom. The van der Waals surface area contributed by atoms with Gasteiger partial charge in [0.2, 0.25) is 0 Å². The van der Waals surface area contributed by atoms with Crippen LogP contribution in [0, 0.1) is 0 Å². The number of ether oxygens (including phenoxy) is 4. The van der Waals surface area contributed by atoms with Gasteiger partial charge in [0.05, 0.1) is 14.2 Å². The van der Waals surface area contributed by atoms with Gasteiger partial charge in [0.25, 0.3) is 0 Å². The van der Waals surface area contributed by atoms with Crippen LogP contribution in [0.4, 0.5) is 0 Å². The van der Waals surface area contributed by atoms with Gasteiger partial charge in [-0.15, -0.1) is 0 Å². The Labute approximate surface area is 858 Å². The monoisotopic (exact) mass is 1920 g/mol. The molecule has 142 heavy (non-hydrogen) atoms. The molecule has 3 aromatic heterocycles. The highest BCUT2D eigenvalue weighted by atomic mass is 16.6. The lowest BCUT2D eigenvalue weighted by Crippen LogP contribution is -2.51. The summed E-state index contributed by atoms with van der Waals surface area (Å²) in [7, 11) is 3.61. The number of benzene rings is 7. The quantitative estimate of drug-likeness (QED) is 0.0353. The zero-order chi connectivity index (χ0) is 98.5. The van der Waals surface area contributed by atoms with E-state index in [0.717, 1.165) is 195 Å². The Hall–Kier alpha value is -8.90. The van der Waals surface area contributed by atoms with E-state index in [4.69, 9.17) is 48.9 Å². The van der Waals surface area contributed by atoms with Crippen LogP contribution in [-0.2, 0) is 49.4 Å². The summed E-state index contributed by atoms with van der Waals surface area (Å²) in [4.78, 5) is 45.3. The molecule has 16 rings (SSSR count). The van der Waals surface area contributed by atoms with E-state index in [1.54, 1.807) is 0 Å². The van der Waals surface area contributed by atoms with Gasteiger partial charge >= 0.3 is 0 Å². The normalized spacial score (nSPS) is 14.7. The van der Waals surface area contributed by atoms with Gasteiger partial charge in [0.15, 0.2) is 57.8 Å². The van der Waals surface area contributed by atoms with Crippen LogP contribution in [0.1, 0.15) is 520 Å². The van der Waals surface area contributed by atoms with Crippen molar-refractivity contribution < 1.29 is 18.9 Å². The van der Waals surface area contributed by atoms with E-state index in [0.29, 0.717) is 34.4 Å². The standard InChI is InChI=1S/C130H184N8O4/c1-11-19-27-35-43-49-55-63-73-95-81-83-97(75-65-57-51-45-37-29-21-13-3)117-115(95)123-132-121-101-89-111-112(142-114-94-108-107(93-113(114)141-111)129(87-71-61-41-33-25-17-7)103-79-69-70-80-104(103)130(108,88-72-62-42-34-26-18-8)106-92-110(140-10)109(139-9)91-105(106)129)90-102(101)122(131-121)133-124-116-96(74-64-56-50-44-36-28-20-12-2)82-84-98(76-66-58-52-46-38-30-22-14-4)118(116)126(135-124)137-128-120-100(78-68-60-54-48-40-32-24-16-6)86-85-99(77-67-59-53-47-39-31-23-15-5)119(120)127(138-128)136-125(117)134-123/h69-70,79-86,89-94H,11-68,71-78,87-88H2,1-10H3,(H2,131,132,133,134,135,136,137,138). The lowest BCUT2D eigenvalue weighted by atomic mass is 9.45. The molecule has 6 aliphatic rings. The highest BCUT2D eigenvalue weighted by Crippen LogP contribution is 2.68. The molecule has 2 atom stereocenters. The number of unbranched alkanes of at least 4 members (excludes halogenated alkanes) is 52. The van der Waals surface area contributed by atoms with Crippen LogP contribution < -0.4 is 18.9 Å². The summed E-state index contributed by atoms with van der Waals surface area (Å²) in [5.41, 5.74) is 22.5. The first-order chi connectivity index (χ1) is 70.1. The Balaban J connectivity index is 0.985. The molecule has 3 aliphatic heterocycles. The first-order valence-electron chi connectivity index (χ1n) is 59.5. The SMILES string of the molecule is CCCCCCCCCCc1ccc(CCCCCCCCCC)c2c1-c1nc-2nc2[nH]c(nc3nc(nc4[nH]c(n1)c1cc5c(cc41)Oc1cc4c(cc1O5)C1(CCCCCCCC)c5ccccc5C4(CCCCCCCC)c4cc(OC)c(OC)cc41)-c1c(CCCCCCCCCC)ccc(CCCCCCCCCC)c1-3)c1c(CCCCCCCCCC)ccc(CCCCCCCCCC)c21. The number of aromatic nitrogens is 8. The Morgan fingerprint density at radius 1 is 0.225 bits per heavy atom. The van der Waals surface area contributed by atoms with Gasteiger partial charge in [0, 0.05) is 54.6 Å². The number of methoxy groups -OCH3 is 2. The van der Waals surface area contributed by atoms with Gasteiger partial charge in [-0.2, -0.15) is 0 Å². The molecule has 0 spiro atoms. The van der Waals surface area contributed by atoms with E-state index in [9.17, 15) is 0 Å². The van der Waals surface area contributed by atoms with Crippen molar-refractivity contribution in [3.05, 3.63) is 164 Å². The number of aromatic amines is 2. The summed E-state index contributed by atoms with van der Waals surface area (Å²) >= 11 is 0. The lowest BCUT2D eigenvalue weighted by Gasteiger charge is -2.57. The average Bonchev–Trinajstić information content (AvgIpc) is 0.787. The third-order valence-corrected chi connectivity index (χ3v) is 33.2. The van der Waals surface area contributed by atoms with Crippen LogP contribution >= 0.6 is 0 Å². The molecule has 0 radical (unpaired) electrons. The van der Waals surface area contributed by atoms with Crippen molar-refractivity contribution in [2.75, 3.05) is 14.2 Å². The molecule has 2 N–H and O–H groups in total. The molecular weight excluding hydrogens is 1740 g/mol. The van der Waals surface area contributed by atoms with Crippen molar-refractivity contribution >= 4 is 44.1 Å². The highest BCUT2D eigenvalue weighted by molar-refractivity contribution is 6.10. The lowest BCUT2D eigenvalue weighted by molar-refractivity contribution is 0.340. The Morgan fingerprint density at radius 3 is 0.711 bits per heavy atom. The first kappa shape index (κ1) is 107. The van der Waals surface area contributed by atoms with E-state index in [1.165, 1.54) is 399 Å². The van der Waals surface area contributed by atoms with Gasteiger partial charge in [-0.3, -0.25) is 0 Å². The van der Waals surface area contributed by atoms with Crippen LogP contribution in [-0.4, -0.2) is 54.1 Å². The topological polar surface area (TPSA) is 146 Å². The van der Waals surface area contributed by atoms with Crippen LogP contribution in [0.2, 0.25) is 0 Å². The third kappa shape index (κ3) is 26.2. The molecule has 6 heterocycles. The second-order valence-electron chi connectivity index (χ2n) is 43.9. The summed E-state index contributed by atoms with van der Waals surface area (Å²) < 4.78 is 28.3. The minimum absolute atomic E-state index is 0.532. The van der Waals surface area contributed by atoms with E-state index < -0.39 is 10.8 Å². The summed E-state index contributed by atoms with van der Waals surface area (Å²) in [5.74, 6) is 7.13. The maximum Gasteiger partial charge on any atom is 0.170 e. The molecule has 12 nitrogen and oxygen atoms in total. The minimum atomic E-state index is -0.532. The van der Waals surface area contributed by atoms with E-state index >= 15 is 0 Å².